The zero-order valence-corrected chi connectivity index (χ0v) is 51.8. The number of hydrogen-bond donors (Lipinski definition) is 19. The van der Waals surface area contributed by atoms with Crippen LogP contribution in [0.15, 0.2) is 11.6 Å². The summed E-state index contributed by atoms with van der Waals surface area (Å²) in [6, 6.07) is 0. The van der Waals surface area contributed by atoms with Gasteiger partial charge < -0.3 is 144 Å². The van der Waals surface area contributed by atoms with Gasteiger partial charge in [-0.3, -0.25) is 0 Å². The molecule has 0 amide bonds. The van der Waals surface area contributed by atoms with Crippen LogP contribution < -0.4 is 0 Å². The van der Waals surface area contributed by atoms with Crippen molar-refractivity contribution < 1.29 is 144 Å². The highest BCUT2D eigenvalue weighted by Gasteiger charge is 2.70. The van der Waals surface area contributed by atoms with Gasteiger partial charge in [0.25, 0.3) is 0 Å². The van der Waals surface area contributed by atoms with Gasteiger partial charge >= 0.3 is 0 Å². The Labute approximate surface area is 517 Å². The van der Waals surface area contributed by atoms with Gasteiger partial charge in [0.15, 0.2) is 31.5 Å². The highest BCUT2D eigenvalue weighted by Crippen LogP contribution is 2.75. The number of fused-ring (bicyclic) bond motifs is 5. The van der Waals surface area contributed by atoms with Crippen LogP contribution in [0, 0.1) is 45.3 Å². The Morgan fingerprint density at radius 1 is 0.517 bits per heavy atom. The first-order chi connectivity index (χ1) is 41.6. The fourth-order valence-electron chi connectivity index (χ4n) is 17.0. The summed E-state index contributed by atoms with van der Waals surface area (Å²) in [5.41, 5.74) is -2.49. The van der Waals surface area contributed by atoms with Crippen LogP contribution in [0.4, 0.5) is 0 Å². The van der Waals surface area contributed by atoms with Crippen molar-refractivity contribution in [3.8, 4) is 0 Å². The van der Waals surface area contributed by atoms with Gasteiger partial charge in [-0.2, -0.15) is 0 Å². The standard InChI is InChI=1S/C60H102O29/c1-23(9-13-35(57(4,5)79)88-55-50(89-54-49(78)43(72)38(67)29(20-63)84-54)45(74)40(69)31(86-55)22-81-52-47(76)42(71)37(66)28(19-62)83-52)24-15-16-58(6)32-12-10-25-26(60(32,8)33(64)17-59(24,58)7)11-14-34(56(25,2)3)87-53-48(77)44(73)39(68)30(85-53)21-80-51-46(75)41(70)36(65)27(18-61)82-51/h10,23-24,26-55,61-79H,9,11-22H2,1-8H3/t23-,24-,26-,27?,28?,29?,30?,31?,32?,33-,34+,35-,36-,37-,38-,39-,40?,41+,42+,43+,44+,45+,46?,47?,48?,49?,50?,51-,52-,53+,54+,55+,58+,59-,60+/m1/s1. The molecule has 9 aliphatic rings. The van der Waals surface area contributed by atoms with E-state index in [0.717, 1.165) is 18.4 Å². The predicted molar refractivity (Wildman–Crippen MR) is 300 cm³/mol. The number of aliphatic hydroxyl groups is 19. The van der Waals surface area contributed by atoms with E-state index in [9.17, 15) is 97.0 Å². The van der Waals surface area contributed by atoms with E-state index in [1.54, 1.807) is 0 Å². The Hall–Kier alpha value is -1.42. The van der Waals surface area contributed by atoms with Gasteiger partial charge in [-0.1, -0.05) is 53.2 Å². The van der Waals surface area contributed by atoms with Crippen LogP contribution in [-0.4, -0.2) is 308 Å². The van der Waals surface area contributed by atoms with Crippen LogP contribution >= 0.6 is 0 Å². The lowest BCUT2D eigenvalue weighted by atomic mass is 9.38. The van der Waals surface area contributed by atoms with Crippen LogP contribution in [-0.2, 0) is 47.4 Å². The Balaban J connectivity index is 0.883. The zero-order valence-electron chi connectivity index (χ0n) is 51.8. The number of ether oxygens (including phenoxy) is 10. The molecule has 0 bridgehead atoms. The van der Waals surface area contributed by atoms with Gasteiger partial charge in [0, 0.05) is 10.8 Å². The third-order valence-electron chi connectivity index (χ3n) is 22.9. The summed E-state index contributed by atoms with van der Waals surface area (Å²) in [5, 5.41) is 205. The van der Waals surface area contributed by atoms with Crippen LogP contribution in [0.2, 0.25) is 0 Å². The van der Waals surface area contributed by atoms with Gasteiger partial charge in [0.2, 0.25) is 0 Å². The molecule has 8 fully saturated rings. The fraction of sp³-hybridized carbons (Fsp3) is 0.967. The molecule has 3 saturated carbocycles. The molecule has 516 valence electrons. The highest BCUT2D eigenvalue weighted by molar-refractivity contribution is 5.32. The van der Waals surface area contributed by atoms with Crippen molar-refractivity contribution in [2.24, 2.45) is 45.3 Å². The van der Waals surface area contributed by atoms with E-state index in [-0.39, 0.29) is 35.5 Å². The first kappa shape index (κ1) is 71.9. The molecule has 9 rings (SSSR count). The van der Waals surface area contributed by atoms with Crippen molar-refractivity contribution in [3.63, 3.8) is 0 Å². The maximum absolute atomic E-state index is 12.8. The third kappa shape index (κ3) is 13.1. The van der Waals surface area contributed by atoms with E-state index in [1.807, 2.05) is 13.8 Å². The van der Waals surface area contributed by atoms with Crippen LogP contribution in [0.25, 0.3) is 0 Å². The molecule has 5 aliphatic heterocycles. The molecule has 89 heavy (non-hydrogen) atoms. The topological polar surface area (TPSA) is 477 Å². The highest BCUT2D eigenvalue weighted by atomic mass is 16.8. The lowest BCUT2D eigenvalue weighted by molar-refractivity contribution is -0.380. The first-order valence-electron chi connectivity index (χ1n) is 31.6. The normalized spacial score (nSPS) is 51.8. The molecule has 4 aliphatic carbocycles. The monoisotopic (exact) mass is 1290 g/mol. The summed E-state index contributed by atoms with van der Waals surface area (Å²) in [6.45, 7) is 12.6. The molecule has 12 unspecified atom stereocenters. The second-order valence-electron chi connectivity index (χ2n) is 28.7. The van der Waals surface area contributed by atoms with Crippen molar-refractivity contribution in [1.29, 1.82) is 0 Å². The van der Waals surface area contributed by atoms with Crippen LogP contribution in [0.5, 0.6) is 0 Å². The van der Waals surface area contributed by atoms with E-state index >= 15 is 0 Å². The minimum Gasteiger partial charge on any atom is -0.394 e. The second kappa shape index (κ2) is 27.6. The summed E-state index contributed by atoms with van der Waals surface area (Å²) >= 11 is 0. The van der Waals surface area contributed by atoms with Gasteiger partial charge in [0.05, 0.1) is 56.9 Å². The van der Waals surface area contributed by atoms with Gasteiger partial charge in [-0.15, -0.1) is 0 Å². The molecule has 19 N–H and O–H groups in total. The Morgan fingerprint density at radius 3 is 1.45 bits per heavy atom. The second-order valence-corrected chi connectivity index (χ2v) is 28.7. The number of aliphatic hydroxyl groups excluding tert-OH is 18. The molecular weight excluding hydrogens is 1180 g/mol. The Kier molecular flexibility index (Phi) is 22.3. The van der Waals surface area contributed by atoms with Crippen LogP contribution in [0.3, 0.4) is 0 Å². The maximum Gasteiger partial charge on any atom is 0.187 e. The molecule has 0 aromatic heterocycles. The van der Waals surface area contributed by atoms with E-state index in [4.69, 9.17) is 47.4 Å². The molecule has 5 heterocycles. The minimum absolute atomic E-state index is 0.0310. The van der Waals surface area contributed by atoms with E-state index in [1.165, 1.54) is 13.8 Å². The van der Waals surface area contributed by atoms with Crippen LogP contribution in [0.1, 0.15) is 107 Å². The van der Waals surface area contributed by atoms with E-state index in [0.29, 0.717) is 32.1 Å². The first-order valence-corrected chi connectivity index (χ1v) is 31.6. The average molecular weight is 1290 g/mol. The Bertz CT molecular complexity index is 2340. The summed E-state index contributed by atoms with van der Waals surface area (Å²) in [5.74, 6) is -0.0172. The van der Waals surface area contributed by atoms with Gasteiger partial charge in [-0.05, 0) is 99.7 Å². The van der Waals surface area contributed by atoms with Gasteiger partial charge in [-0.25, -0.2) is 0 Å². The molecule has 5 saturated heterocycles. The number of hydrogen-bond acceptors (Lipinski definition) is 29. The largest absolute Gasteiger partial charge is 0.394 e. The SMILES string of the molecule is C[C@H](CC[C@@H](O[C@@H]1OC(CO[C@@H]2OC(CO)[C@@H](O)[C@H](O)C2O)C(O)[C@H](O)C1O[C@@H]1OC(CO)[C@@H](O)[C@H](O)C1O)C(C)(C)O)[C@H]1CC[C@@]2(C)C3CC=C4[C@@H](CC[C@H](O[C@@H]5OC(CO[C@@H]6OC(CO)[C@@H](O)[C@H](O)C6O)[C@@H](O)[C@H](O)C5O)C4(C)C)[C@]3(C)[C@H](O)C[C@]12C. The lowest BCUT2D eigenvalue weighted by Gasteiger charge is -2.67. The summed E-state index contributed by atoms with van der Waals surface area (Å²) in [7, 11) is 0. The van der Waals surface area contributed by atoms with Crippen molar-refractivity contribution in [3.05, 3.63) is 11.6 Å². The Morgan fingerprint density at radius 2 is 0.955 bits per heavy atom. The summed E-state index contributed by atoms with van der Waals surface area (Å²) < 4.78 is 59.3. The van der Waals surface area contributed by atoms with Crippen molar-refractivity contribution >= 4 is 0 Å². The van der Waals surface area contributed by atoms with Gasteiger partial charge in [0.1, 0.15) is 122 Å². The summed E-state index contributed by atoms with van der Waals surface area (Å²) in [4.78, 5) is 0. The number of rotatable bonds is 20. The lowest BCUT2D eigenvalue weighted by Crippen LogP contribution is -2.65. The third-order valence-corrected chi connectivity index (χ3v) is 22.9. The van der Waals surface area contributed by atoms with Crippen molar-refractivity contribution in [1.82, 2.24) is 0 Å². The predicted octanol–water partition coefficient (Wildman–Crippen LogP) is -5.41. The quantitative estimate of drug-likeness (QED) is 0.0506. The van der Waals surface area contributed by atoms with Crippen molar-refractivity contribution in [2.75, 3.05) is 33.0 Å². The zero-order chi connectivity index (χ0) is 65.5. The molecule has 0 aromatic rings. The molecule has 35 atom stereocenters. The minimum atomic E-state index is -1.96. The molecule has 29 nitrogen and oxygen atoms in total. The molecule has 0 spiro atoms. The molecule has 0 radical (unpaired) electrons. The molecule has 29 heteroatoms. The fourth-order valence-corrected chi connectivity index (χ4v) is 17.0. The summed E-state index contributed by atoms with van der Waals surface area (Å²) in [6.07, 6.45) is -37.4. The maximum atomic E-state index is 12.8. The molecule has 0 aromatic carbocycles. The average Bonchev–Trinajstić information content (AvgIpc) is 1.66. The number of allylic oxidation sites excluding steroid dienone is 1. The molecular formula is C60H102O29. The van der Waals surface area contributed by atoms with E-state index < -0.39 is 227 Å². The van der Waals surface area contributed by atoms with E-state index in [2.05, 4.69) is 33.8 Å². The smallest absolute Gasteiger partial charge is 0.187 e. The van der Waals surface area contributed by atoms with Crippen molar-refractivity contribution in [2.45, 2.75) is 284 Å².